The number of carbonyl (C=O) groups excluding carboxylic acids is 1. The highest BCUT2D eigenvalue weighted by Crippen LogP contribution is 2.35. The number of amides is 1. The highest BCUT2D eigenvalue weighted by Gasteiger charge is 2.24. The normalized spacial score (nSPS) is 13.4. The highest BCUT2D eigenvalue weighted by atomic mass is 32.2. The minimum atomic E-state index is -0.512. The van der Waals surface area contributed by atoms with Gasteiger partial charge in [0.1, 0.15) is 16.5 Å². The van der Waals surface area contributed by atoms with Gasteiger partial charge < -0.3 is 5.32 Å². The molecule has 3 aromatic heterocycles. The second kappa shape index (κ2) is 9.34. The van der Waals surface area contributed by atoms with Crippen molar-refractivity contribution >= 4 is 45.0 Å². The van der Waals surface area contributed by atoms with Crippen molar-refractivity contribution in [1.82, 2.24) is 19.3 Å². The van der Waals surface area contributed by atoms with Gasteiger partial charge in [-0.1, -0.05) is 23.9 Å². The van der Waals surface area contributed by atoms with E-state index in [-0.39, 0.29) is 28.9 Å². The SMILES string of the molecule is CC(C)n1nccc1NC(=O)CSc1nc2sc3c(c2c(=O)n1-c1ccccc1F)CCCC3. The van der Waals surface area contributed by atoms with Gasteiger partial charge in [-0.3, -0.25) is 14.2 Å². The lowest BCUT2D eigenvalue weighted by atomic mass is 9.97. The third-order valence-corrected chi connectivity index (χ3v) is 7.94. The zero-order valence-electron chi connectivity index (χ0n) is 18.9. The van der Waals surface area contributed by atoms with Crippen LogP contribution in [0, 0.1) is 5.82 Å². The van der Waals surface area contributed by atoms with Crippen LogP contribution in [0.2, 0.25) is 0 Å². The van der Waals surface area contributed by atoms with Crippen LogP contribution in [0.1, 0.15) is 43.2 Å². The number of para-hydroxylation sites is 1. The number of carbonyl (C=O) groups is 1. The van der Waals surface area contributed by atoms with Gasteiger partial charge in [0.25, 0.3) is 5.56 Å². The lowest BCUT2D eigenvalue weighted by Crippen LogP contribution is -2.24. The van der Waals surface area contributed by atoms with Crippen LogP contribution in [0.3, 0.4) is 0 Å². The third-order valence-electron chi connectivity index (χ3n) is 5.81. The topological polar surface area (TPSA) is 81.8 Å². The van der Waals surface area contributed by atoms with E-state index < -0.39 is 5.82 Å². The summed E-state index contributed by atoms with van der Waals surface area (Å²) in [6.07, 6.45) is 5.52. The molecule has 0 radical (unpaired) electrons. The molecule has 5 rings (SSSR count). The summed E-state index contributed by atoms with van der Waals surface area (Å²) in [6, 6.07) is 7.99. The Bertz CT molecular complexity index is 1440. The van der Waals surface area contributed by atoms with Crippen molar-refractivity contribution in [2.75, 3.05) is 11.1 Å². The van der Waals surface area contributed by atoms with E-state index in [1.807, 2.05) is 13.8 Å². The molecule has 0 spiro atoms. The number of rotatable bonds is 6. The molecule has 4 aromatic rings. The first kappa shape index (κ1) is 22.8. The van der Waals surface area contributed by atoms with Crippen molar-refractivity contribution in [3.05, 3.63) is 63.1 Å². The number of benzene rings is 1. The fourth-order valence-corrected chi connectivity index (χ4v) is 6.37. The number of thioether (sulfide) groups is 1. The number of anilines is 1. The number of fused-ring (bicyclic) bond motifs is 3. The minimum Gasteiger partial charge on any atom is -0.310 e. The van der Waals surface area contributed by atoms with Gasteiger partial charge in [-0.25, -0.2) is 14.1 Å². The Labute approximate surface area is 204 Å². The van der Waals surface area contributed by atoms with Crippen LogP contribution in [0.15, 0.2) is 46.5 Å². The van der Waals surface area contributed by atoms with E-state index in [2.05, 4.69) is 10.4 Å². The largest absolute Gasteiger partial charge is 0.310 e. The van der Waals surface area contributed by atoms with Crippen molar-refractivity contribution < 1.29 is 9.18 Å². The number of nitrogens with one attached hydrogen (secondary N) is 1. The molecular formula is C24H24FN5O2S2. The second-order valence-corrected chi connectivity index (χ2v) is 10.5. The Morgan fingerprint density at radius 2 is 2.03 bits per heavy atom. The Morgan fingerprint density at radius 3 is 2.82 bits per heavy atom. The van der Waals surface area contributed by atoms with E-state index >= 15 is 0 Å². The van der Waals surface area contributed by atoms with Crippen molar-refractivity contribution in [3.8, 4) is 5.69 Å². The summed E-state index contributed by atoms with van der Waals surface area (Å²) in [7, 11) is 0. The Morgan fingerprint density at radius 1 is 1.24 bits per heavy atom. The number of nitrogens with zero attached hydrogens (tertiary/aromatic N) is 4. The van der Waals surface area contributed by atoms with Crippen molar-refractivity contribution in [1.29, 1.82) is 0 Å². The van der Waals surface area contributed by atoms with Crippen molar-refractivity contribution in [2.24, 2.45) is 0 Å². The molecule has 34 heavy (non-hydrogen) atoms. The van der Waals surface area contributed by atoms with E-state index in [1.165, 1.54) is 26.8 Å². The summed E-state index contributed by atoms with van der Waals surface area (Å²) in [6.45, 7) is 3.95. The Balaban J connectivity index is 1.53. The predicted octanol–water partition coefficient (Wildman–Crippen LogP) is 4.97. The molecule has 0 bridgehead atoms. The molecule has 0 atom stereocenters. The van der Waals surface area contributed by atoms with Crippen LogP contribution < -0.4 is 10.9 Å². The van der Waals surface area contributed by atoms with Crippen LogP contribution in [-0.4, -0.2) is 31.0 Å². The lowest BCUT2D eigenvalue weighted by Gasteiger charge is -2.14. The number of hydrogen-bond donors (Lipinski definition) is 1. The quantitative estimate of drug-likeness (QED) is 0.300. The zero-order chi connectivity index (χ0) is 23.8. The maximum atomic E-state index is 14.8. The number of halogens is 1. The molecule has 7 nitrogen and oxygen atoms in total. The van der Waals surface area contributed by atoms with Gasteiger partial charge in [0.05, 0.1) is 23.0 Å². The van der Waals surface area contributed by atoms with Crippen LogP contribution >= 0.6 is 23.1 Å². The number of hydrogen-bond acceptors (Lipinski definition) is 6. The van der Waals surface area contributed by atoms with Gasteiger partial charge in [-0.05, 0) is 57.2 Å². The Kier molecular flexibility index (Phi) is 6.26. The zero-order valence-corrected chi connectivity index (χ0v) is 20.5. The summed E-state index contributed by atoms with van der Waals surface area (Å²) >= 11 is 2.66. The van der Waals surface area contributed by atoms with E-state index in [0.29, 0.717) is 21.2 Å². The molecule has 1 aromatic carbocycles. The van der Waals surface area contributed by atoms with Gasteiger partial charge in [0, 0.05) is 17.0 Å². The van der Waals surface area contributed by atoms with Crippen LogP contribution in [0.4, 0.5) is 10.2 Å². The predicted molar refractivity (Wildman–Crippen MR) is 134 cm³/mol. The molecule has 1 amide bonds. The van der Waals surface area contributed by atoms with Crippen LogP contribution in [0.5, 0.6) is 0 Å². The fourth-order valence-electron chi connectivity index (χ4n) is 4.26. The smallest absolute Gasteiger partial charge is 0.267 e. The molecule has 0 saturated carbocycles. The van der Waals surface area contributed by atoms with E-state index in [0.717, 1.165) is 43.0 Å². The molecule has 1 aliphatic carbocycles. The molecule has 0 aliphatic heterocycles. The highest BCUT2D eigenvalue weighted by molar-refractivity contribution is 7.99. The number of aryl methyl sites for hydroxylation is 2. The molecule has 0 unspecified atom stereocenters. The van der Waals surface area contributed by atoms with Gasteiger partial charge >= 0.3 is 0 Å². The molecule has 1 aliphatic rings. The average molecular weight is 498 g/mol. The lowest BCUT2D eigenvalue weighted by molar-refractivity contribution is -0.113. The summed E-state index contributed by atoms with van der Waals surface area (Å²) in [4.78, 5) is 33.0. The van der Waals surface area contributed by atoms with Crippen molar-refractivity contribution in [3.63, 3.8) is 0 Å². The van der Waals surface area contributed by atoms with Gasteiger partial charge in [0.15, 0.2) is 5.16 Å². The van der Waals surface area contributed by atoms with Gasteiger partial charge in [-0.2, -0.15) is 5.10 Å². The summed E-state index contributed by atoms with van der Waals surface area (Å²) in [5.41, 5.74) is 0.902. The minimum absolute atomic E-state index is 0.0146. The van der Waals surface area contributed by atoms with E-state index in [9.17, 15) is 14.0 Å². The molecule has 1 N–H and O–H groups in total. The number of thiophene rings is 1. The molecule has 176 valence electrons. The average Bonchev–Trinajstić information content (AvgIpc) is 3.43. The third kappa shape index (κ3) is 4.16. The first-order valence-electron chi connectivity index (χ1n) is 11.2. The van der Waals surface area contributed by atoms with Gasteiger partial charge in [-0.15, -0.1) is 11.3 Å². The van der Waals surface area contributed by atoms with Crippen LogP contribution in [0.25, 0.3) is 15.9 Å². The molecule has 3 heterocycles. The van der Waals surface area contributed by atoms with Crippen molar-refractivity contribution in [2.45, 2.75) is 50.7 Å². The maximum absolute atomic E-state index is 14.8. The molecular weight excluding hydrogens is 473 g/mol. The first-order valence-corrected chi connectivity index (χ1v) is 13.0. The summed E-state index contributed by atoms with van der Waals surface area (Å²) < 4.78 is 17.8. The Hall–Kier alpha value is -2.98. The summed E-state index contributed by atoms with van der Waals surface area (Å²) in [5.74, 6) is -0.156. The van der Waals surface area contributed by atoms with Gasteiger partial charge in [0.2, 0.25) is 5.91 Å². The first-order chi connectivity index (χ1) is 16.4. The molecule has 0 fully saturated rings. The molecule has 10 heteroatoms. The standard InChI is InChI=1S/C24H24FN5O2S2/c1-14(2)30-19(11-12-26-30)27-20(31)13-33-24-28-22-21(15-7-3-6-10-18(15)34-22)23(32)29(24)17-9-5-4-8-16(17)25/h4-5,8-9,11-12,14H,3,6-7,10,13H2,1-2H3,(H,27,31). The second-order valence-electron chi connectivity index (χ2n) is 8.47. The van der Waals surface area contributed by atoms with Crippen LogP contribution in [-0.2, 0) is 17.6 Å². The summed E-state index contributed by atoms with van der Waals surface area (Å²) in [5, 5.41) is 7.96. The maximum Gasteiger partial charge on any atom is 0.267 e. The van der Waals surface area contributed by atoms with E-state index in [1.54, 1.807) is 35.1 Å². The van der Waals surface area contributed by atoms with E-state index in [4.69, 9.17) is 4.98 Å². The fraction of sp³-hybridized carbons (Fsp3) is 0.333. The monoisotopic (exact) mass is 497 g/mol. The number of aromatic nitrogens is 4. The molecule has 0 saturated heterocycles.